The molecule has 1 saturated heterocycles. The molecule has 4 nitrogen and oxygen atoms in total. The first kappa shape index (κ1) is 12.8. The zero-order valence-corrected chi connectivity index (χ0v) is 10.4. The van der Waals surface area contributed by atoms with Crippen molar-refractivity contribution in [3.05, 3.63) is 30.1 Å². The van der Waals surface area contributed by atoms with Crippen LogP contribution in [-0.2, 0) is 9.53 Å². The standard InChI is InChI=1S/C13H17FN2O2/c1-10(13(17)16-5-7-18-8-6-16)15-12-4-2-3-11(14)9-12/h2-4,9-10,15H,5-8H2,1H3. The summed E-state index contributed by atoms with van der Waals surface area (Å²) >= 11 is 0. The van der Waals surface area contributed by atoms with Crippen LogP contribution in [0.15, 0.2) is 24.3 Å². The summed E-state index contributed by atoms with van der Waals surface area (Å²) < 4.78 is 18.2. The van der Waals surface area contributed by atoms with Crippen molar-refractivity contribution in [3.8, 4) is 0 Å². The van der Waals surface area contributed by atoms with E-state index in [-0.39, 0.29) is 17.8 Å². The van der Waals surface area contributed by atoms with E-state index in [0.29, 0.717) is 32.0 Å². The Balaban J connectivity index is 1.94. The monoisotopic (exact) mass is 252 g/mol. The van der Waals surface area contributed by atoms with Crippen molar-refractivity contribution in [3.63, 3.8) is 0 Å². The van der Waals surface area contributed by atoms with Crippen LogP contribution in [0, 0.1) is 5.82 Å². The van der Waals surface area contributed by atoms with Crippen LogP contribution in [0.4, 0.5) is 10.1 Å². The third kappa shape index (κ3) is 3.20. The Labute approximate surface area is 106 Å². The van der Waals surface area contributed by atoms with Crippen molar-refractivity contribution in [2.45, 2.75) is 13.0 Å². The van der Waals surface area contributed by atoms with E-state index >= 15 is 0 Å². The molecule has 1 aromatic carbocycles. The molecular formula is C13H17FN2O2. The molecule has 2 rings (SSSR count). The summed E-state index contributed by atoms with van der Waals surface area (Å²) in [4.78, 5) is 13.9. The molecule has 0 spiro atoms. The van der Waals surface area contributed by atoms with Gasteiger partial charge in [0.05, 0.1) is 13.2 Å². The van der Waals surface area contributed by atoms with Crippen LogP contribution in [0.3, 0.4) is 0 Å². The second-order valence-corrected chi connectivity index (χ2v) is 4.31. The average molecular weight is 252 g/mol. The molecule has 0 bridgehead atoms. The Hall–Kier alpha value is -1.62. The minimum Gasteiger partial charge on any atom is -0.378 e. The number of halogens is 1. The number of anilines is 1. The number of morpholine rings is 1. The highest BCUT2D eigenvalue weighted by atomic mass is 19.1. The fraction of sp³-hybridized carbons (Fsp3) is 0.462. The molecule has 1 aliphatic rings. The number of nitrogens with one attached hydrogen (secondary N) is 1. The molecule has 1 atom stereocenters. The van der Waals surface area contributed by atoms with E-state index in [1.165, 1.54) is 12.1 Å². The van der Waals surface area contributed by atoms with Crippen molar-refractivity contribution in [2.75, 3.05) is 31.6 Å². The zero-order chi connectivity index (χ0) is 13.0. The number of carbonyl (C=O) groups is 1. The molecule has 98 valence electrons. The van der Waals surface area contributed by atoms with Gasteiger partial charge in [0.1, 0.15) is 11.9 Å². The van der Waals surface area contributed by atoms with Gasteiger partial charge in [0.15, 0.2) is 0 Å². The largest absolute Gasteiger partial charge is 0.378 e. The third-order valence-corrected chi connectivity index (χ3v) is 2.90. The molecule has 1 fully saturated rings. The van der Waals surface area contributed by atoms with Gasteiger partial charge in [-0.3, -0.25) is 4.79 Å². The average Bonchev–Trinajstić information content (AvgIpc) is 2.39. The van der Waals surface area contributed by atoms with Gasteiger partial charge in [0, 0.05) is 18.8 Å². The van der Waals surface area contributed by atoms with Crippen molar-refractivity contribution in [2.24, 2.45) is 0 Å². The van der Waals surface area contributed by atoms with Crippen molar-refractivity contribution in [1.29, 1.82) is 0 Å². The molecule has 1 heterocycles. The molecule has 1 aromatic rings. The van der Waals surface area contributed by atoms with E-state index < -0.39 is 0 Å². The number of rotatable bonds is 3. The summed E-state index contributed by atoms with van der Waals surface area (Å²) in [5.74, 6) is -0.298. The van der Waals surface area contributed by atoms with E-state index in [4.69, 9.17) is 4.74 Å². The van der Waals surface area contributed by atoms with Gasteiger partial charge in [0.25, 0.3) is 0 Å². The minimum atomic E-state index is -0.370. The number of amides is 1. The summed E-state index contributed by atoms with van der Waals surface area (Å²) in [5, 5.41) is 3.01. The normalized spacial score (nSPS) is 17.3. The van der Waals surface area contributed by atoms with Crippen molar-refractivity contribution < 1.29 is 13.9 Å². The van der Waals surface area contributed by atoms with Crippen LogP contribution >= 0.6 is 0 Å². The first-order chi connectivity index (χ1) is 8.66. The van der Waals surface area contributed by atoms with Gasteiger partial charge in [-0.1, -0.05) is 6.07 Å². The molecule has 1 unspecified atom stereocenters. The highest BCUT2D eigenvalue weighted by Gasteiger charge is 2.22. The van der Waals surface area contributed by atoms with Crippen LogP contribution in [-0.4, -0.2) is 43.2 Å². The van der Waals surface area contributed by atoms with Crippen molar-refractivity contribution >= 4 is 11.6 Å². The molecule has 5 heteroatoms. The molecule has 1 amide bonds. The van der Waals surface area contributed by atoms with Gasteiger partial charge < -0.3 is 15.0 Å². The van der Waals surface area contributed by atoms with Crippen LogP contribution in [0.2, 0.25) is 0 Å². The predicted molar refractivity (Wildman–Crippen MR) is 66.9 cm³/mol. The van der Waals surface area contributed by atoms with Crippen molar-refractivity contribution in [1.82, 2.24) is 4.90 Å². The molecular weight excluding hydrogens is 235 g/mol. The number of nitrogens with zero attached hydrogens (tertiary/aromatic N) is 1. The maximum atomic E-state index is 13.0. The first-order valence-corrected chi connectivity index (χ1v) is 6.05. The Kier molecular flexibility index (Phi) is 4.15. The number of hydrogen-bond donors (Lipinski definition) is 1. The van der Waals surface area contributed by atoms with Crippen LogP contribution in [0.1, 0.15) is 6.92 Å². The Morgan fingerprint density at radius 2 is 2.17 bits per heavy atom. The second-order valence-electron chi connectivity index (χ2n) is 4.31. The van der Waals surface area contributed by atoms with Crippen LogP contribution < -0.4 is 5.32 Å². The van der Waals surface area contributed by atoms with Gasteiger partial charge in [-0.25, -0.2) is 4.39 Å². The number of ether oxygens (including phenoxy) is 1. The van der Waals surface area contributed by atoms with E-state index in [1.807, 2.05) is 0 Å². The Bertz CT molecular complexity index is 419. The summed E-state index contributed by atoms with van der Waals surface area (Å²) in [5.41, 5.74) is 0.615. The molecule has 18 heavy (non-hydrogen) atoms. The highest BCUT2D eigenvalue weighted by molar-refractivity contribution is 5.84. The molecule has 0 aromatic heterocycles. The predicted octanol–water partition coefficient (Wildman–Crippen LogP) is 1.48. The Morgan fingerprint density at radius 3 is 2.83 bits per heavy atom. The van der Waals surface area contributed by atoms with Gasteiger partial charge in [-0.2, -0.15) is 0 Å². The summed E-state index contributed by atoms with van der Waals surface area (Å²) in [6.07, 6.45) is 0. The lowest BCUT2D eigenvalue weighted by Crippen LogP contribution is -2.46. The van der Waals surface area contributed by atoms with E-state index in [2.05, 4.69) is 5.32 Å². The molecule has 0 radical (unpaired) electrons. The molecule has 0 aliphatic carbocycles. The van der Waals surface area contributed by atoms with E-state index in [1.54, 1.807) is 24.0 Å². The maximum absolute atomic E-state index is 13.0. The van der Waals surface area contributed by atoms with Gasteiger partial charge in [-0.15, -0.1) is 0 Å². The molecule has 1 N–H and O–H groups in total. The lowest BCUT2D eigenvalue weighted by molar-refractivity contribution is -0.135. The van der Waals surface area contributed by atoms with Gasteiger partial charge in [-0.05, 0) is 25.1 Å². The molecule has 0 saturated carbocycles. The van der Waals surface area contributed by atoms with E-state index in [9.17, 15) is 9.18 Å². The Morgan fingerprint density at radius 1 is 1.44 bits per heavy atom. The topological polar surface area (TPSA) is 41.6 Å². The lowest BCUT2D eigenvalue weighted by atomic mass is 10.2. The molecule has 1 aliphatic heterocycles. The number of benzene rings is 1. The number of carbonyl (C=O) groups excluding carboxylic acids is 1. The third-order valence-electron chi connectivity index (χ3n) is 2.90. The fourth-order valence-corrected chi connectivity index (χ4v) is 1.95. The number of hydrogen-bond acceptors (Lipinski definition) is 3. The smallest absolute Gasteiger partial charge is 0.244 e. The minimum absolute atomic E-state index is 0.0163. The highest BCUT2D eigenvalue weighted by Crippen LogP contribution is 2.12. The van der Waals surface area contributed by atoms with Gasteiger partial charge >= 0.3 is 0 Å². The summed E-state index contributed by atoms with van der Waals surface area (Å²) in [6, 6.07) is 5.74. The first-order valence-electron chi connectivity index (χ1n) is 6.05. The second kappa shape index (κ2) is 5.82. The van der Waals surface area contributed by atoms with E-state index in [0.717, 1.165) is 0 Å². The fourth-order valence-electron chi connectivity index (χ4n) is 1.95. The SMILES string of the molecule is CC(Nc1cccc(F)c1)C(=O)N1CCOCC1. The lowest BCUT2D eigenvalue weighted by Gasteiger charge is -2.29. The summed E-state index contributed by atoms with van der Waals surface area (Å²) in [6.45, 7) is 4.18. The summed E-state index contributed by atoms with van der Waals surface area (Å²) in [7, 11) is 0. The van der Waals surface area contributed by atoms with Crippen LogP contribution in [0.5, 0.6) is 0 Å². The van der Waals surface area contributed by atoms with Crippen LogP contribution in [0.25, 0.3) is 0 Å². The maximum Gasteiger partial charge on any atom is 0.244 e. The van der Waals surface area contributed by atoms with Gasteiger partial charge in [0.2, 0.25) is 5.91 Å². The quantitative estimate of drug-likeness (QED) is 0.886. The zero-order valence-electron chi connectivity index (χ0n) is 10.4.